The Kier molecular flexibility index (Phi) is 5.16. The summed E-state index contributed by atoms with van der Waals surface area (Å²) in [4.78, 5) is 16.3. The molecule has 0 radical (unpaired) electrons. The second-order valence-electron chi connectivity index (χ2n) is 7.13. The molecule has 1 saturated carbocycles. The summed E-state index contributed by atoms with van der Waals surface area (Å²) in [6, 6.07) is 16.9. The molecule has 3 N–H and O–H groups in total. The Morgan fingerprint density at radius 1 is 1.22 bits per heavy atom. The third-order valence-corrected chi connectivity index (χ3v) is 5.79. The highest BCUT2D eigenvalue weighted by molar-refractivity contribution is 9.10. The van der Waals surface area contributed by atoms with Crippen LogP contribution in [0, 0.1) is 0 Å². The number of anilines is 1. The van der Waals surface area contributed by atoms with Crippen molar-refractivity contribution >= 4 is 33.5 Å². The van der Waals surface area contributed by atoms with Gasteiger partial charge in [-0.25, -0.2) is 0 Å². The molecule has 3 atom stereocenters. The molecule has 1 aliphatic heterocycles. The fourth-order valence-corrected chi connectivity index (χ4v) is 3.97. The van der Waals surface area contributed by atoms with Crippen molar-refractivity contribution in [1.29, 1.82) is 0 Å². The van der Waals surface area contributed by atoms with Crippen LogP contribution >= 0.6 is 15.9 Å². The second kappa shape index (κ2) is 7.72. The predicted octanol–water partition coefficient (Wildman–Crippen LogP) is 3.60. The van der Waals surface area contributed by atoms with E-state index in [9.17, 15) is 4.79 Å². The number of nitrogens with zero attached hydrogens (tertiary/aromatic N) is 1. The molecular formula is C21H23BrN4O. The van der Waals surface area contributed by atoms with Gasteiger partial charge in [-0.1, -0.05) is 46.3 Å². The van der Waals surface area contributed by atoms with Crippen molar-refractivity contribution in [3.05, 3.63) is 64.1 Å². The van der Waals surface area contributed by atoms with Gasteiger partial charge in [-0.3, -0.25) is 9.79 Å². The van der Waals surface area contributed by atoms with E-state index in [1.807, 2.05) is 18.2 Å². The number of aliphatic imine (C=N–C) groups is 1. The minimum Gasteiger partial charge on any atom is -0.356 e. The lowest BCUT2D eigenvalue weighted by atomic mass is 9.90. The van der Waals surface area contributed by atoms with E-state index < -0.39 is 0 Å². The molecule has 2 aliphatic rings. The highest BCUT2D eigenvalue weighted by Gasteiger charge is 2.39. The van der Waals surface area contributed by atoms with Gasteiger partial charge >= 0.3 is 0 Å². The van der Waals surface area contributed by atoms with Crippen LogP contribution in [0.2, 0.25) is 0 Å². The molecule has 1 aliphatic carbocycles. The van der Waals surface area contributed by atoms with Crippen molar-refractivity contribution in [1.82, 2.24) is 10.6 Å². The number of hydrogen-bond donors (Lipinski definition) is 3. The lowest BCUT2D eigenvalue weighted by Gasteiger charge is -2.26. The SMILES string of the molecule is CN=C(NCC1CC(=O)Nc2ccccc21)NC1CC1c1ccc(Br)cc1. The zero-order valence-electron chi connectivity index (χ0n) is 15.2. The summed E-state index contributed by atoms with van der Waals surface area (Å²) in [5.41, 5.74) is 3.45. The first-order valence-electron chi connectivity index (χ1n) is 9.25. The molecule has 3 unspecified atom stereocenters. The maximum atomic E-state index is 12.0. The third-order valence-electron chi connectivity index (χ3n) is 5.26. The molecule has 4 rings (SSSR count). The van der Waals surface area contributed by atoms with Gasteiger partial charge in [-0.2, -0.15) is 0 Å². The Hall–Kier alpha value is -2.34. The minimum atomic E-state index is 0.0703. The van der Waals surface area contributed by atoms with Crippen LogP contribution in [-0.2, 0) is 4.79 Å². The van der Waals surface area contributed by atoms with Gasteiger partial charge in [0.05, 0.1) is 0 Å². The Bertz CT molecular complexity index is 865. The normalized spacial score (nSPS) is 24.0. The van der Waals surface area contributed by atoms with E-state index in [1.165, 1.54) is 11.1 Å². The van der Waals surface area contributed by atoms with E-state index in [1.54, 1.807) is 7.05 Å². The number of benzene rings is 2. The average Bonchev–Trinajstić information content (AvgIpc) is 3.44. The molecule has 1 heterocycles. The number of rotatable bonds is 4. The Balaban J connectivity index is 1.34. The lowest BCUT2D eigenvalue weighted by molar-refractivity contribution is -0.116. The van der Waals surface area contributed by atoms with Crippen molar-refractivity contribution in [2.75, 3.05) is 18.9 Å². The summed E-state index contributed by atoms with van der Waals surface area (Å²) in [6.45, 7) is 0.680. The molecule has 0 bridgehead atoms. The summed E-state index contributed by atoms with van der Waals surface area (Å²) >= 11 is 3.48. The number of carbonyl (C=O) groups excluding carboxylic acids is 1. The number of hydrogen-bond acceptors (Lipinski definition) is 2. The van der Waals surface area contributed by atoms with E-state index in [2.05, 4.69) is 67.2 Å². The van der Waals surface area contributed by atoms with Crippen LogP contribution in [0.25, 0.3) is 0 Å². The lowest BCUT2D eigenvalue weighted by Crippen LogP contribution is -2.42. The topological polar surface area (TPSA) is 65.5 Å². The van der Waals surface area contributed by atoms with Crippen LogP contribution in [0.1, 0.15) is 35.8 Å². The first-order valence-corrected chi connectivity index (χ1v) is 10.0. The molecule has 140 valence electrons. The first-order chi connectivity index (χ1) is 13.1. The molecule has 27 heavy (non-hydrogen) atoms. The van der Waals surface area contributed by atoms with Gasteiger partial charge in [-0.05, 0) is 35.7 Å². The van der Waals surface area contributed by atoms with Crippen LogP contribution < -0.4 is 16.0 Å². The van der Waals surface area contributed by atoms with E-state index in [4.69, 9.17) is 0 Å². The van der Waals surface area contributed by atoms with E-state index in [0.717, 1.165) is 22.5 Å². The molecule has 5 nitrogen and oxygen atoms in total. The molecule has 6 heteroatoms. The smallest absolute Gasteiger partial charge is 0.225 e. The molecular weight excluding hydrogens is 404 g/mol. The highest BCUT2D eigenvalue weighted by Crippen LogP contribution is 2.41. The Labute approximate surface area is 167 Å². The van der Waals surface area contributed by atoms with Crippen LogP contribution in [0.5, 0.6) is 0 Å². The van der Waals surface area contributed by atoms with E-state index >= 15 is 0 Å². The number of fused-ring (bicyclic) bond motifs is 1. The Morgan fingerprint density at radius 3 is 2.78 bits per heavy atom. The number of nitrogens with one attached hydrogen (secondary N) is 3. The Morgan fingerprint density at radius 2 is 2.00 bits per heavy atom. The summed E-state index contributed by atoms with van der Waals surface area (Å²) in [7, 11) is 1.79. The summed E-state index contributed by atoms with van der Waals surface area (Å²) in [5.74, 6) is 1.54. The molecule has 0 aromatic heterocycles. The zero-order valence-corrected chi connectivity index (χ0v) is 16.8. The number of amides is 1. The van der Waals surface area contributed by atoms with Crippen molar-refractivity contribution in [2.45, 2.75) is 30.7 Å². The average molecular weight is 427 g/mol. The molecule has 2 aromatic rings. The van der Waals surface area contributed by atoms with Gasteiger partial charge in [0, 0.05) is 48.1 Å². The van der Waals surface area contributed by atoms with E-state index in [-0.39, 0.29) is 11.8 Å². The van der Waals surface area contributed by atoms with Crippen LogP contribution in [0.4, 0.5) is 5.69 Å². The monoisotopic (exact) mass is 426 g/mol. The van der Waals surface area contributed by atoms with Crippen LogP contribution in [-0.4, -0.2) is 31.5 Å². The number of carbonyl (C=O) groups is 1. The maximum absolute atomic E-state index is 12.0. The van der Waals surface area contributed by atoms with Crippen LogP contribution in [0.15, 0.2) is 58.0 Å². The number of halogens is 1. The van der Waals surface area contributed by atoms with Crippen LogP contribution in [0.3, 0.4) is 0 Å². The van der Waals surface area contributed by atoms with Crippen molar-refractivity contribution in [3.63, 3.8) is 0 Å². The van der Waals surface area contributed by atoms with Gasteiger partial charge in [0.1, 0.15) is 0 Å². The predicted molar refractivity (Wildman–Crippen MR) is 112 cm³/mol. The molecule has 0 saturated heterocycles. The second-order valence-corrected chi connectivity index (χ2v) is 8.05. The third kappa shape index (κ3) is 4.16. The number of para-hydroxylation sites is 1. The zero-order chi connectivity index (χ0) is 18.8. The summed E-state index contributed by atoms with van der Waals surface area (Å²) in [6.07, 6.45) is 1.60. The molecule has 1 fully saturated rings. The van der Waals surface area contributed by atoms with Gasteiger partial charge < -0.3 is 16.0 Å². The van der Waals surface area contributed by atoms with Crippen molar-refractivity contribution in [2.24, 2.45) is 4.99 Å². The largest absolute Gasteiger partial charge is 0.356 e. The fraction of sp³-hybridized carbons (Fsp3) is 0.333. The summed E-state index contributed by atoms with van der Waals surface area (Å²) in [5, 5.41) is 9.86. The van der Waals surface area contributed by atoms with Gasteiger partial charge in [-0.15, -0.1) is 0 Å². The minimum absolute atomic E-state index is 0.0703. The van der Waals surface area contributed by atoms with Gasteiger partial charge in [0.2, 0.25) is 5.91 Å². The molecule has 0 spiro atoms. The first kappa shape index (κ1) is 18.0. The van der Waals surface area contributed by atoms with E-state index in [0.29, 0.717) is 24.9 Å². The number of guanidine groups is 1. The van der Waals surface area contributed by atoms with Crippen molar-refractivity contribution < 1.29 is 4.79 Å². The summed E-state index contributed by atoms with van der Waals surface area (Å²) < 4.78 is 1.10. The van der Waals surface area contributed by atoms with Gasteiger partial charge in [0.25, 0.3) is 0 Å². The maximum Gasteiger partial charge on any atom is 0.225 e. The fourth-order valence-electron chi connectivity index (χ4n) is 3.71. The van der Waals surface area contributed by atoms with Gasteiger partial charge in [0.15, 0.2) is 5.96 Å². The highest BCUT2D eigenvalue weighted by atomic mass is 79.9. The van der Waals surface area contributed by atoms with Crippen molar-refractivity contribution in [3.8, 4) is 0 Å². The molecule has 2 aromatic carbocycles. The standard InChI is InChI=1S/C21H23BrN4O/c1-23-21(26-19-11-17(19)13-6-8-15(22)9-7-13)24-12-14-10-20(27)25-18-5-3-2-4-16(14)18/h2-9,14,17,19H,10-12H2,1H3,(H,25,27)(H2,23,24,26). The quantitative estimate of drug-likeness (QED) is 0.516. The molecule has 1 amide bonds.